The molecule has 1 aromatic carbocycles. The summed E-state index contributed by atoms with van der Waals surface area (Å²) in [5.74, 6) is 0. The van der Waals surface area contributed by atoms with Crippen molar-refractivity contribution in [2.45, 2.75) is 31.9 Å². The van der Waals surface area contributed by atoms with Gasteiger partial charge in [0.05, 0.1) is 15.5 Å². The Hall–Kier alpha value is -0.980. The van der Waals surface area contributed by atoms with E-state index in [1.54, 1.807) is 6.07 Å². The van der Waals surface area contributed by atoms with Gasteiger partial charge in [0.2, 0.25) is 0 Å². The summed E-state index contributed by atoms with van der Waals surface area (Å²) in [6.07, 6.45) is 3.72. The van der Waals surface area contributed by atoms with Crippen LogP contribution in [0, 0.1) is 10.1 Å². The quantitative estimate of drug-likeness (QED) is 0.666. The molecule has 1 fully saturated rings. The number of rotatable bonds is 5. The highest BCUT2D eigenvalue weighted by Gasteiger charge is 2.16. The summed E-state index contributed by atoms with van der Waals surface area (Å²) in [5, 5.41) is 14.1. The average molecular weight is 329 g/mol. The van der Waals surface area contributed by atoms with E-state index in [0.717, 1.165) is 31.6 Å². The van der Waals surface area contributed by atoms with Crippen LogP contribution in [0.5, 0.6) is 0 Å². The molecule has 1 atom stereocenters. The van der Waals surface area contributed by atoms with E-state index in [-0.39, 0.29) is 16.7 Å². The van der Waals surface area contributed by atoms with E-state index in [4.69, 9.17) is 4.74 Å². The lowest BCUT2D eigenvalue weighted by atomic mass is 10.1. The van der Waals surface area contributed by atoms with Crippen molar-refractivity contribution in [3.05, 3.63) is 38.3 Å². The van der Waals surface area contributed by atoms with Crippen LogP contribution < -0.4 is 5.32 Å². The topological polar surface area (TPSA) is 64.4 Å². The molecule has 6 heteroatoms. The number of hydrogen-bond donors (Lipinski definition) is 1. The molecular weight excluding hydrogens is 312 g/mol. The molecule has 19 heavy (non-hydrogen) atoms. The SMILES string of the molecule is O=[N+]([O-])c1cccc(CNCC2CCCCO2)c1Br. The Morgan fingerprint density at radius 2 is 2.32 bits per heavy atom. The molecule has 0 amide bonds. The van der Waals surface area contributed by atoms with E-state index in [9.17, 15) is 10.1 Å². The summed E-state index contributed by atoms with van der Waals surface area (Å²) in [6.45, 7) is 2.23. The molecule has 0 spiro atoms. The predicted molar refractivity (Wildman–Crippen MR) is 76.1 cm³/mol. The minimum Gasteiger partial charge on any atom is -0.377 e. The van der Waals surface area contributed by atoms with E-state index in [0.29, 0.717) is 11.0 Å². The number of halogens is 1. The molecule has 0 aromatic heterocycles. The average Bonchev–Trinajstić information content (AvgIpc) is 2.41. The van der Waals surface area contributed by atoms with Gasteiger partial charge in [0.1, 0.15) is 0 Å². The molecule has 5 nitrogen and oxygen atoms in total. The van der Waals surface area contributed by atoms with E-state index >= 15 is 0 Å². The van der Waals surface area contributed by atoms with Crippen LogP contribution in [0.1, 0.15) is 24.8 Å². The van der Waals surface area contributed by atoms with Gasteiger partial charge in [-0.15, -0.1) is 0 Å². The third-order valence-corrected chi connectivity index (χ3v) is 4.13. The molecule has 0 aliphatic carbocycles. The van der Waals surface area contributed by atoms with E-state index < -0.39 is 0 Å². The monoisotopic (exact) mass is 328 g/mol. The molecule has 1 N–H and O–H groups in total. The van der Waals surface area contributed by atoms with Crippen LogP contribution in [0.3, 0.4) is 0 Å². The lowest BCUT2D eigenvalue weighted by Crippen LogP contribution is -2.31. The van der Waals surface area contributed by atoms with Gasteiger partial charge in [-0.1, -0.05) is 12.1 Å². The fourth-order valence-corrected chi connectivity index (χ4v) is 2.73. The van der Waals surface area contributed by atoms with Crippen molar-refractivity contribution in [3.63, 3.8) is 0 Å². The fraction of sp³-hybridized carbons (Fsp3) is 0.538. The van der Waals surface area contributed by atoms with Crippen molar-refractivity contribution in [2.75, 3.05) is 13.2 Å². The van der Waals surface area contributed by atoms with Crippen molar-refractivity contribution in [3.8, 4) is 0 Å². The summed E-state index contributed by atoms with van der Waals surface area (Å²) in [7, 11) is 0. The first kappa shape index (κ1) is 14.4. The van der Waals surface area contributed by atoms with E-state index in [1.165, 1.54) is 12.5 Å². The summed E-state index contributed by atoms with van der Waals surface area (Å²) < 4.78 is 6.18. The minimum atomic E-state index is -0.377. The number of nitrogens with one attached hydrogen (secondary N) is 1. The molecule has 0 saturated carbocycles. The molecule has 1 aromatic rings. The van der Waals surface area contributed by atoms with Crippen LogP contribution in [0.2, 0.25) is 0 Å². The second kappa shape index (κ2) is 6.98. The summed E-state index contributed by atoms with van der Waals surface area (Å²) in [6, 6.07) is 5.08. The number of nitro groups is 1. The number of nitro benzene ring substituents is 1. The summed E-state index contributed by atoms with van der Waals surface area (Å²) in [5.41, 5.74) is 0.998. The Bertz CT molecular complexity index is 448. The zero-order valence-electron chi connectivity index (χ0n) is 10.6. The van der Waals surface area contributed by atoms with Crippen molar-refractivity contribution < 1.29 is 9.66 Å². The molecule has 1 aliphatic heterocycles. The second-order valence-corrected chi connectivity index (χ2v) is 5.42. The van der Waals surface area contributed by atoms with Crippen molar-refractivity contribution in [1.82, 2.24) is 5.32 Å². The Balaban J connectivity index is 1.88. The molecule has 0 radical (unpaired) electrons. The van der Waals surface area contributed by atoms with Crippen molar-refractivity contribution in [1.29, 1.82) is 0 Å². The molecule has 2 rings (SSSR count). The Labute approximate surface area is 120 Å². The number of nitrogens with zero attached hydrogens (tertiary/aromatic N) is 1. The first-order chi connectivity index (χ1) is 9.18. The van der Waals surface area contributed by atoms with Gasteiger partial charge in [-0.25, -0.2) is 0 Å². The van der Waals surface area contributed by atoms with Gasteiger partial charge in [0.15, 0.2) is 0 Å². The Morgan fingerprint density at radius 3 is 3.00 bits per heavy atom. The normalized spacial score (nSPS) is 19.3. The molecule has 1 unspecified atom stereocenters. The first-order valence-electron chi connectivity index (χ1n) is 6.42. The first-order valence-corrected chi connectivity index (χ1v) is 7.22. The zero-order valence-corrected chi connectivity index (χ0v) is 12.2. The largest absolute Gasteiger partial charge is 0.377 e. The molecular formula is C13H17BrN2O3. The standard InChI is InChI=1S/C13H17BrN2O3/c14-13-10(4-3-6-12(13)16(17)18)8-15-9-11-5-1-2-7-19-11/h3-4,6,11,15H,1-2,5,7-9H2. The minimum absolute atomic E-state index is 0.105. The molecule has 0 bridgehead atoms. The van der Waals surface area contributed by atoms with E-state index in [2.05, 4.69) is 21.2 Å². The number of benzene rings is 1. The van der Waals surface area contributed by atoms with E-state index in [1.807, 2.05) is 6.07 Å². The van der Waals surface area contributed by atoms with Gasteiger partial charge in [-0.05, 0) is 40.8 Å². The fourth-order valence-electron chi connectivity index (χ4n) is 2.18. The predicted octanol–water partition coefficient (Wildman–Crippen LogP) is 3.02. The van der Waals surface area contributed by atoms with Crippen LogP contribution in [0.25, 0.3) is 0 Å². The van der Waals surface area contributed by atoms with Crippen LogP contribution in [0.4, 0.5) is 5.69 Å². The maximum atomic E-state index is 10.8. The summed E-state index contributed by atoms with van der Waals surface area (Å²) in [4.78, 5) is 10.5. The highest BCUT2D eigenvalue weighted by atomic mass is 79.9. The van der Waals surface area contributed by atoms with Crippen LogP contribution in [-0.2, 0) is 11.3 Å². The highest BCUT2D eigenvalue weighted by Crippen LogP contribution is 2.28. The van der Waals surface area contributed by atoms with Gasteiger partial charge in [0.25, 0.3) is 5.69 Å². The molecule has 104 valence electrons. The third-order valence-electron chi connectivity index (χ3n) is 3.22. The number of hydrogen-bond acceptors (Lipinski definition) is 4. The van der Waals surface area contributed by atoms with Gasteiger partial charge in [0, 0.05) is 25.8 Å². The summed E-state index contributed by atoms with van der Waals surface area (Å²) >= 11 is 3.30. The Morgan fingerprint density at radius 1 is 1.47 bits per heavy atom. The van der Waals surface area contributed by atoms with Crippen LogP contribution in [-0.4, -0.2) is 24.2 Å². The smallest absolute Gasteiger partial charge is 0.283 e. The number of ether oxygens (including phenoxy) is 1. The van der Waals surface area contributed by atoms with Crippen molar-refractivity contribution in [2.24, 2.45) is 0 Å². The maximum absolute atomic E-state index is 10.8. The maximum Gasteiger partial charge on any atom is 0.283 e. The molecule has 1 heterocycles. The highest BCUT2D eigenvalue weighted by molar-refractivity contribution is 9.10. The second-order valence-electron chi connectivity index (χ2n) is 4.63. The lowest BCUT2D eigenvalue weighted by Gasteiger charge is -2.22. The van der Waals surface area contributed by atoms with Crippen molar-refractivity contribution >= 4 is 21.6 Å². The van der Waals surface area contributed by atoms with Gasteiger partial charge in [-0.2, -0.15) is 0 Å². The van der Waals surface area contributed by atoms with Gasteiger partial charge < -0.3 is 10.1 Å². The Kier molecular flexibility index (Phi) is 5.30. The molecule has 1 saturated heterocycles. The van der Waals surface area contributed by atoms with Gasteiger partial charge in [-0.3, -0.25) is 10.1 Å². The zero-order chi connectivity index (χ0) is 13.7. The van der Waals surface area contributed by atoms with Crippen LogP contribution >= 0.6 is 15.9 Å². The van der Waals surface area contributed by atoms with Gasteiger partial charge >= 0.3 is 0 Å². The third kappa shape index (κ3) is 3.99. The molecule has 1 aliphatic rings. The van der Waals surface area contributed by atoms with Crippen LogP contribution in [0.15, 0.2) is 22.7 Å². The lowest BCUT2D eigenvalue weighted by molar-refractivity contribution is -0.385.